The third-order valence-electron chi connectivity index (χ3n) is 3.05. The van der Waals surface area contributed by atoms with E-state index in [1.807, 2.05) is 26.8 Å². The topological polar surface area (TPSA) is 62.3 Å². The van der Waals surface area contributed by atoms with Crippen LogP contribution in [-0.2, 0) is 0 Å². The number of nitrogens with zero attached hydrogens (tertiary/aromatic N) is 2. The predicted molar refractivity (Wildman–Crippen MR) is 84.1 cm³/mol. The highest BCUT2D eigenvalue weighted by Crippen LogP contribution is 2.15. The first-order valence-corrected chi connectivity index (χ1v) is 7.00. The monoisotopic (exact) mass is 297 g/mol. The SMILES string of the molecule is CC(C)(C)N(NC(=O)c1ccccc1)C(=O)c1ccncc1. The van der Waals surface area contributed by atoms with E-state index in [0.29, 0.717) is 11.1 Å². The Labute approximate surface area is 130 Å². The summed E-state index contributed by atoms with van der Waals surface area (Å²) in [6.45, 7) is 5.58. The van der Waals surface area contributed by atoms with E-state index in [0.717, 1.165) is 0 Å². The van der Waals surface area contributed by atoms with Gasteiger partial charge in [-0.3, -0.25) is 20.0 Å². The molecule has 0 spiro atoms. The molecule has 1 heterocycles. The van der Waals surface area contributed by atoms with Crippen LogP contribution in [0.4, 0.5) is 0 Å². The fourth-order valence-corrected chi connectivity index (χ4v) is 1.90. The van der Waals surface area contributed by atoms with Crippen molar-refractivity contribution in [3.05, 3.63) is 66.0 Å². The fraction of sp³-hybridized carbons (Fsp3) is 0.235. The first-order chi connectivity index (χ1) is 10.4. The van der Waals surface area contributed by atoms with Crippen molar-refractivity contribution in [2.24, 2.45) is 0 Å². The molecule has 0 bridgehead atoms. The quantitative estimate of drug-likeness (QED) is 0.867. The molecule has 114 valence electrons. The van der Waals surface area contributed by atoms with Crippen LogP contribution in [0.1, 0.15) is 41.5 Å². The van der Waals surface area contributed by atoms with Gasteiger partial charge in [-0.25, -0.2) is 5.01 Å². The first kappa shape index (κ1) is 15.7. The second-order valence-corrected chi connectivity index (χ2v) is 5.85. The molecule has 5 heteroatoms. The van der Waals surface area contributed by atoms with E-state index in [2.05, 4.69) is 10.4 Å². The summed E-state index contributed by atoms with van der Waals surface area (Å²) in [5.74, 6) is -0.600. The summed E-state index contributed by atoms with van der Waals surface area (Å²) in [7, 11) is 0. The number of aromatic nitrogens is 1. The van der Waals surface area contributed by atoms with Crippen LogP contribution < -0.4 is 5.43 Å². The van der Waals surface area contributed by atoms with E-state index in [-0.39, 0.29) is 11.8 Å². The predicted octanol–water partition coefficient (Wildman–Crippen LogP) is 2.67. The van der Waals surface area contributed by atoms with Crippen LogP contribution >= 0.6 is 0 Å². The second-order valence-electron chi connectivity index (χ2n) is 5.85. The molecule has 0 saturated heterocycles. The van der Waals surface area contributed by atoms with E-state index in [9.17, 15) is 9.59 Å². The number of hydrazine groups is 1. The second kappa shape index (κ2) is 6.39. The Morgan fingerprint density at radius 1 is 0.955 bits per heavy atom. The molecule has 1 aromatic carbocycles. The standard InChI is InChI=1S/C17H19N3O2/c1-17(2,3)20(16(22)14-9-11-18-12-10-14)19-15(21)13-7-5-4-6-8-13/h4-12H,1-3H3,(H,19,21). The lowest BCUT2D eigenvalue weighted by Gasteiger charge is -2.35. The summed E-state index contributed by atoms with van der Waals surface area (Å²) in [4.78, 5) is 28.9. The zero-order valence-electron chi connectivity index (χ0n) is 12.9. The van der Waals surface area contributed by atoms with Crippen LogP contribution in [0.3, 0.4) is 0 Å². The van der Waals surface area contributed by atoms with Gasteiger partial charge in [0.15, 0.2) is 0 Å². The van der Waals surface area contributed by atoms with Gasteiger partial charge in [0.1, 0.15) is 0 Å². The lowest BCUT2D eigenvalue weighted by atomic mass is 10.1. The number of carbonyl (C=O) groups is 2. The van der Waals surface area contributed by atoms with E-state index in [4.69, 9.17) is 0 Å². The van der Waals surface area contributed by atoms with E-state index < -0.39 is 5.54 Å². The largest absolute Gasteiger partial charge is 0.272 e. The number of rotatable bonds is 2. The van der Waals surface area contributed by atoms with Crippen LogP contribution in [-0.4, -0.2) is 27.3 Å². The number of amides is 2. The first-order valence-electron chi connectivity index (χ1n) is 7.00. The number of hydrogen-bond acceptors (Lipinski definition) is 3. The van der Waals surface area contributed by atoms with Gasteiger partial charge in [0.2, 0.25) is 0 Å². The Balaban J connectivity index is 2.25. The molecule has 0 unspecified atom stereocenters. The third-order valence-corrected chi connectivity index (χ3v) is 3.05. The molecule has 5 nitrogen and oxygen atoms in total. The molecular formula is C17H19N3O2. The highest BCUT2D eigenvalue weighted by molar-refractivity contribution is 5.99. The number of pyridine rings is 1. The molecule has 0 atom stereocenters. The lowest BCUT2D eigenvalue weighted by Crippen LogP contribution is -2.55. The maximum Gasteiger partial charge on any atom is 0.272 e. The van der Waals surface area contributed by atoms with Crippen LogP contribution in [0.15, 0.2) is 54.9 Å². The molecule has 2 rings (SSSR count). The summed E-state index contributed by atoms with van der Waals surface area (Å²) >= 11 is 0. The van der Waals surface area contributed by atoms with Crippen molar-refractivity contribution in [2.45, 2.75) is 26.3 Å². The molecule has 1 N–H and O–H groups in total. The Morgan fingerprint density at radius 2 is 1.55 bits per heavy atom. The van der Waals surface area contributed by atoms with E-state index in [1.165, 1.54) is 5.01 Å². The van der Waals surface area contributed by atoms with Gasteiger partial charge in [-0.05, 0) is 45.0 Å². The molecule has 0 radical (unpaired) electrons. The Hall–Kier alpha value is -2.69. The minimum Gasteiger partial charge on any atom is -0.267 e. The molecular weight excluding hydrogens is 278 g/mol. The summed E-state index contributed by atoms with van der Waals surface area (Å²) in [5, 5.41) is 1.34. The van der Waals surface area contributed by atoms with Crippen LogP contribution in [0.25, 0.3) is 0 Å². The number of hydrogen-bond donors (Lipinski definition) is 1. The van der Waals surface area contributed by atoms with Crippen molar-refractivity contribution < 1.29 is 9.59 Å². The maximum absolute atomic E-state index is 12.6. The van der Waals surface area contributed by atoms with Gasteiger partial charge in [0, 0.05) is 23.5 Å². The van der Waals surface area contributed by atoms with Crippen molar-refractivity contribution in [1.82, 2.24) is 15.4 Å². The Morgan fingerprint density at radius 3 is 2.09 bits per heavy atom. The molecule has 0 aliphatic carbocycles. The van der Waals surface area contributed by atoms with Gasteiger partial charge in [0.05, 0.1) is 5.54 Å². The zero-order chi connectivity index (χ0) is 16.2. The van der Waals surface area contributed by atoms with Crippen LogP contribution in [0, 0.1) is 0 Å². The van der Waals surface area contributed by atoms with Crippen LogP contribution in [0.5, 0.6) is 0 Å². The summed E-state index contributed by atoms with van der Waals surface area (Å²) in [6.07, 6.45) is 3.10. The Bertz CT molecular complexity index is 649. The molecule has 22 heavy (non-hydrogen) atoms. The highest BCUT2D eigenvalue weighted by Gasteiger charge is 2.29. The molecule has 0 fully saturated rings. The van der Waals surface area contributed by atoms with Crippen LogP contribution in [0.2, 0.25) is 0 Å². The molecule has 2 amide bonds. The molecule has 2 aromatic rings. The smallest absolute Gasteiger partial charge is 0.267 e. The third kappa shape index (κ3) is 3.69. The Kier molecular flexibility index (Phi) is 4.56. The van der Waals surface area contributed by atoms with Gasteiger partial charge in [-0.2, -0.15) is 0 Å². The number of carbonyl (C=O) groups excluding carboxylic acids is 2. The number of nitrogens with one attached hydrogen (secondary N) is 1. The van der Waals surface area contributed by atoms with Gasteiger partial charge in [-0.1, -0.05) is 18.2 Å². The summed E-state index contributed by atoms with van der Waals surface area (Å²) in [5.41, 5.74) is 3.10. The van der Waals surface area contributed by atoms with Crippen molar-refractivity contribution in [1.29, 1.82) is 0 Å². The molecule has 0 aliphatic heterocycles. The zero-order valence-corrected chi connectivity index (χ0v) is 12.9. The molecule has 0 aliphatic rings. The minimum absolute atomic E-state index is 0.279. The lowest BCUT2D eigenvalue weighted by molar-refractivity contribution is 0.0358. The average molecular weight is 297 g/mol. The minimum atomic E-state index is -0.565. The van der Waals surface area contributed by atoms with Gasteiger partial charge < -0.3 is 0 Å². The maximum atomic E-state index is 12.6. The van der Waals surface area contributed by atoms with Crippen molar-refractivity contribution in [2.75, 3.05) is 0 Å². The number of benzene rings is 1. The molecule has 0 saturated carbocycles. The van der Waals surface area contributed by atoms with Gasteiger partial charge in [-0.15, -0.1) is 0 Å². The normalized spacial score (nSPS) is 10.9. The highest BCUT2D eigenvalue weighted by atomic mass is 16.2. The van der Waals surface area contributed by atoms with Crippen molar-refractivity contribution in [3.8, 4) is 0 Å². The van der Waals surface area contributed by atoms with Gasteiger partial charge >= 0.3 is 0 Å². The average Bonchev–Trinajstić information content (AvgIpc) is 2.52. The van der Waals surface area contributed by atoms with Crippen molar-refractivity contribution >= 4 is 11.8 Å². The molecule has 1 aromatic heterocycles. The van der Waals surface area contributed by atoms with E-state index >= 15 is 0 Å². The fourth-order valence-electron chi connectivity index (χ4n) is 1.90. The van der Waals surface area contributed by atoms with Crippen molar-refractivity contribution in [3.63, 3.8) is 0 Å². The summed E-state index contributed by atoms with van der Waals surface area (Å²) in [6, 6.07) is 12.0. The summed E-state index contributed by atoms with van der Waals surface area (Å²) < 4.78 is 0. The van der Waals surface area contributed by atoms with Gasteiger partial charge in [0.25, 0.3) is 11.8 Å². The van der Waals surface area contributed by atoms with E-state index in [1.54, 1.807) is 48.8 Å².